The molecule has 0 amide bonds. The molecule has 0 bridgehead atoms. The van der Waals surface area contributed by atoms with Crippen LogP contribution in [0.4, 0.5) is 0 Å². The Hall–Kier alpha value is -1.13. The highest BCUT2D eigenvalue weighted by molar-refractivity contribution is 6.36. The van der Waals surface area contributed by atoms with Crippen LogP contribution in [-0.4, -0.2) is 20.8 Å². The van der Waals surface area contributed by atoms with Crippen LogP contribution in [0.1, 0.15) is 38.8 Å². The summed E-state index contributed by atoms with van der Waals surface area (Å²) in [5.41, 5.74) is 1.03. The zero-order valence-electron chi connectivity index (χ0n) is 10.5. The maximum absolute atomic E-state index is 10.9. The molecule has 0 aromatic heterocycles. The lowest BCUT2D eigenvalue weighted by atomic mass is 10.1. The number of carboxylic acids is 1. The molecule has 4 heteroatoms. The number of nitrogens with one attached hydrogen (secondary N) is 1. The average molecular weight is 249 g/mol. The van der Waals surface area contributed by atoms with Gasteiger partial charge in [0.1, 0.15) is 9.68 Å². The zero-order valence-corrected chi connectivity index (χ0v) is 11.5. The van der Waals surface area contributed by atoms with E-state index in [2.05, 4.69) is 25.8 Å². The SMILES string of the molecule is CC(C)(C)[Si]NC(CC(=O)O)c1ccccc1. The topological polar surface area (TPSA) is 49.3 Å². The summed E-state index contributed by atoms with van der Waals surface area (Å²) in [6, 6.07) is 9.64. The molecule has 92 valence electrons. The number of rotatable bonds is 5. The number of hydrogen-bond donors (Lipinski definition) is 2. The van der Waals surface area contributed by atoms with Gasteiger partial charge in [0, 0.05) is 6.04 Å². The van der Waals surface area contributed by atoms with Gasteiger partial charge in [-0.3, -0.25) is 4.79 Å². The van der Waals surface area contributed by atoms with E-state index in [0.717, 1.165) is 5.56 Å². The number of benzene rings is 1. The van der Waals surface area contributed by atoms with E-state index >= 15 is 0 Å². The molecule has 0 aliphatic heterocycles. The van der Waals surface area contributed by atoms with E-state index in [9.17, 15) is 4.79 Å². The summed E-state index contributed by atoms with van der Waals surface area (Å²) in [6.07, 6.45) is 0.118. The molecule has 1 rings (SSSR count). The summed E-state index contributed by atoms with van der Waals surface area (Å²) in [4.78, 5) is 14.2. The van der Waals surface area contributed by atoms with Crippen molar-refractivity contribution in [3.63, 3.8) is 0 Å². The summed E-state index contributed by atoms with van der Waals surface area (Å²) in [6.45, 7) is 6.42. The highest BCUT2D eigenvalue weighted by Gasteiger charge is 2.19. The lowest BCUT2D eigenvalue weighted by Crippen LogP contribution is -2.32. The first-order valence-corrected chi connectivity index (χ1v) is 6.68. The summed E-state index contributed by atoms with van der Waals surface area (Å²) >= 11 is 0. The highest BCUT2D eigenvalue weighted by atomic mass is 28.2. The minimum absolute atomic E-state index is 0.105. The molecule has 3 nitrogen and oxygen atoms in total. The first-order chi connectivity index (χ1) is 7.88. The molecule has 2 radical (unpaired) electrons. The molecule has 2 N–H and O–H groups in total. The molecular formula is C13H19NO2Si. The van der Waals surface area contributed by atoms with Crippen molar-refractivity contribution in [2.45, 2.75) is 38.3 Å². The van der Waals surface area contributed by atoms with Crippen molar-refractivity contribution in [1.82, 2.24) is 4.98 Å². The molecule has 0 fully saturated rings. The Morgan fingerprint density at radius 1 is 1.35 bits per heavy atom. The van der Waals surface area contributed by atoms with Crippen molar-refractivity contribution in [2.75, 3.05) is 0 Å². The first-order valence-electron chi connectivity index (χ1n) is 5.68. The smallest absolute Gasteiger partial charge is 0.305 e. The van der Waals surface area contributed by atoms with Crippen LogP contribution >= 0.6 is 0 Å². The van der Waals surface area contributed by atoms with Crippen molar-refractivity contribution in [1.29, 1.82) is 0 Å². The van der Waals surface area contributed by atoms with Crippen LogP contribution in [0.15, 0.2) is 30.3 Å². The Morgan fingerprint density at radius 3 is 2.41 bits per heavy atom. The van der Waals surface area contributed by atoms with Gasteiger partial charge >= 0.3 is 5.97 Å². The fourth-order valence-electron chi connectivity index (χ4n) is 1.42. The number of aliphatic carboxylic acids is 1. The molecular weight excluding hydrogens is 230 g/mol. The lowest BCUT2D eigenvalue weighted by Gasteiger charge is -2.23. The second-order valence-electron chi connectivity index (χ2n) is 5.08. The van der Waals surface area contributed by atoms with E-state index < -0.39 is 5.97 Å². The van der Waals surface area contributed by atoms with Gasteiger partial charge in [0.25, 0.3) is 0 Å². The van der Waals surface area contributed by atoms with Gasteiger partial charge in [0.15, 0.2) is 0 Å². The first kappa shape index (κ1) is 13.9. The third kappa shape index (κ3) is 5.65. The lowest BCUT2D eigenvalue weighted by molar-refractivity contribution is -0.137. The summed E-state index contributed by atoms with van der Waals surface area (Å²) in [7, 11) is 0.534. The summed E-state index contributed by atoms with van der Waals surface area (Å²) in [5, 5.41) is 9.11. The van der Waals surface area contributed by atoms with Crippen molar-refractivity contribution in [3.05, 3.63) is 35.9 Å². The molecule has 0 aliphatic carbocycles. The van der Waals surface area contributed by atoms with Gasteiger partial charge in [-0.05, 0) is 10.6 Å². The van der Waals surface area contributed by atoms with Crippen LogP contribution in [0.2, 0.25) is 5.04 Å². The maximum Gasteiger partial charge on any atom is 0.305 e. The second-order valence-corrected chi connectivity index (χ2v) is 7.12. The van der Waals surface area contributed by atoms with Gasteiger partial charge in [-0.25, -0.2) is 0 Å². The minimum atomic E-state index is -0.773. The Bertz CT molecular complexity index is 359. The van der Waals surface area contributed by atoms with Gasteiger partial charge in [0.2, 0.25) is 0 Å². The van der Waals surface area contributed by atoms with Crippen LogP contribution < -0.4 is 4.98 Å². The van der Waals surface area contributed by atoms with E-state index in [1.54, 1.807) is 0 Å². The van der Waals surface area contributed by atoms with Gasteiger partial charge in [0.05, 0.1) is 6.42 Å². The molecule has 0 saturated carbocycles. The van der Waals surface area contributed by atoms with Crippen LogP contribution in [0.5, 0.6) is 0 Å². The molecule has 0 heterocycles. The quantitative estimate of drug-likeness (QED) is 0.789. The van der Waals surface area contributed by atoms with Crippen molar-refractivity contribution >= 4 is 15.7 Å². The van der Waals surface area contributed by atoms with Gasteiger partial charge in [-0.15, -0.1) is 0 Å². The van der Waals surface area contributed by atoms with Crippen LogP contribution in [0, 0.1) is 0 Å². The predicted molar refractivity (Wildman–Crippen MR) is 70.0 cm³/mol. The fourth-order valence-corrected chi connectivity index (χ4v) is 2.29. The highest BCUT2D eigenvalue weighted by Crippen LogP contribution is 2.22. The van der Waals surface area contributed by atoms with E-state index in [4.69, 9.17) is 5.11 Å². The number of carbonyl (C=O) groups is 1. The predicted octanol–water partition coefficient (Wildman–Crippen LogP) is 2.63. The maximum atomic E-state index is 10.9. The van der Waals surface area contributed by atoms with E-state index in [0.29, 0.717) is 9.68 Å². The molecule has 1 aromatic rings. The van der Waals surface area contributed by atoms with Crippen LogP contribution in [0.25, 0.3) is 0 Å². The molecule has 17 heavy (non-hydrogen) atoms. The molecule has 1 unspecified atom stereocenters. The van der Waals surface area contributed by atoms with Gasteiger partial charge in [-0.1, -0.05) is 51.1 Å². The number of carboxylic acid groups (broad SMARTS) is 1. The van der Waals surface area contributed by atoms with Crippen molar-refractivity contribution < 1.29 is 9.90 Å². The largest absolute Gasteiger partial charge is 0.481 e. The van der Waals surface area contributed by atoms with E-state index in [1.165, 1.54) is 0 Å². The molecule has 1 atom stereocenters. The van der Waals surface area contributed by atoms with E-state index in [1.807, 2.05) is 30.3 Å². The minimum Gasteiger partial charge on any atom is -0.481 e. The Kier molecular flexibility index (Phi) is 4.90. The van der Waals surface area contributed by atoms with Crippen molar-refractivity contribution in [2.24, 2.45) is 0 Å². The van der Waals surface area contributed by atoms with Gasteiger partial charge in [-0.2, -0.15) is 0 Å². The zero-order chi connectivity index (χ0) is 12.9. The molecule has 0 spiro atoms. The van der Waals surface area contributed by atoms with Crippen LogP contribution in [-0.2, 0) is 4.79 Å². The molecule has 0 aliphatic rings. The summed E-state index contributed by atoms with van der Waals surface area (Å²) in [5.74, 6) is -0.773. The Labute approximate surface area is 105 Å². The summed E-state index contributed by atoms with van der Waals surface area (Å²) < 4.78 is 0. The van der Waals surface area contributed by atoms with Crippen LogP contribution in [0.3, 0.4) is 0 Å². The third-order valence-corrected chi connectivity index (χ3v) is 3.44. The number of hydrogen-bond acceptors (Lipinski definition) is 2. The van der Waals surface area contributed by atoms with E-state index in [-0.39, 0.29) is 17.5 Å². The fraction of sp³-hybridized carbons (Fsp3) is 0.462. The standard InChI is InChI=1S/C13H19NO2Si/c1-13(2,3)17-14-11(9-12(15)16)10-7-5-4-6-8-10/h4-8,11,14H,9H2,1-3H3,(H,15,16). The monoisotopic (exact) mass is 249 g/mol. The second kappa shape index (κ2) is 5.98. The Balaban J connectivity index is 2.71. The normalized spacial score (nSPS) is 13.4. The third-order valence-electron chi connectivity index (χ3n) is 2.20. The molecule has 0 saturated heterocycles. The van der Waals surface area contributed by atoms with Gasteiger partial charge < -0.3 is 10.1 Å². The van der Waals surface area contributed by atoms with Crippen molar-refractivity contribution in [3.8, 4) is 0 Å². The average Bonchev–Trinajstić information content (AvgIpc) is 2.24. The Morgan fingerprint density at radius 2 is 1.94 bits per heavy atom. The molecule has 1 aromatic carbocycles.